The van der Waals surface area contributed by atoms with E-state index in [-0.39, 0.29) is 5.52 Å². The molecule has 0 unspecified atom stereocenters. The number of pyridine rings is 1. The van der Waals surface area contributed by atoms with Crippen LogP contribution in [0, 0.1) is 17.5 Å². The summed E-state index contributed by atoms with van der Waals surface area (Å²) >= 11 is 0. The number of piperazine rings is 1. The van der Waals surface area contributed by atoms with Gasteiger partial charge in [-0.25, -0.2) is 30.5 Å². The van der Waals surface area contributed by atoms with E-state index < -0.39 is 32.4 Å². The first-order chi connectivity index (χ1) is 12.9. The smallest absolute Gasteiger partial charge is 0.271 e. The van der Waals surface area contributed by atoms with Crippen molar-refractivity contribution in [2.24, 2.45) is 0 Å². The molecule has 1 fully saturated rings. The predicted octanol–water partition coefficient (Wildman–Crippen LogP) is 2.10. The topological polar surface area (TPSA) is 67.2 Å². The lowest BCUT2D eigenvalue weighted by atomic mass is 10.2. The summed E-state index contributed by atoms with van der Waals surface area (Å²) < 4.78 is 67.4. The van der Waals surface area contributed by atoms with Crippen molar-refractivity contribution in [3.05, 3.63) is 54.1 Å². The lowest BCUT2D eigenvalue weighted by molar-refractivity contribution is 0.432. The Bertz CT molecular complexity index is 1120. The molecule has 0 saturated carbocycles. The number of rotatable bonds is 3. The largest absolute Gasteiger partial charge is 0.354 e. The molecule has 142 valence electrons. The van der Waals surface area contributed by atoms with Gasteiger partial charge in [0.1, 0.15) is 10.7 Å². The van der Waals surface area contributed by atoms with Crippen molar-refractivity contribution in [2.45, 2.75) is 4.90 Å². The van der Waals surface area contributed by atoms with E-state index in [9.17, 15) is 21.6 Å². The highest BCUT2D eigenvalue weighted by Gasteiger charge is 2.27. The molecule has 1 aliphatic rings. The number of anilines is 1. The molecule has 1 aromatic carbocycles. The first-order valence-electron chi connectivity index (χ1n) is 8.22. The Morgan fingerprint density at radius 1 is 1.00 bits per heavy atom. The normalized spacial score (nSPS) is 15.4. The lowest BCUT2D eigenvalue weighted by Gasteiger charge is -2.28. The number of fused-ring (bicyclic) bond motifs is 1. The minimum atomic E-state index is -4.46. The zero-order valence-corrected chi connectivity index (χ0v) is 14.8. The first-order valence-corrected chi connectivity index (χ1v) is 9.66. The van der Waals surface area contributed by atoms with Gasteiger partial charge in [-0.3, -0.25) is 0 Å². The molecule has 4 rings (SSSR count). The molecule has 27 heavy (non-hydrogen) atoms. The fourth-order valence-corrected chi connectivity index (χ4v) is 4.59. The molecule has 10 heteroatoms. The summed E-state index contributed by atoms with van der Waals surface area (Å²) in [6, 6.07) is 4.35. The number of hydrogen-bond acceptors (Lipinski definition) is 5. The molecular weight excluding hydrogens is 381 g/mol. The van der Waals surface area contributed by atoms with Crippen molar-refractivity contribution >= 4 is 26.7 Å². The Morgan fingerprint density at radius 2 is 1.74 bits per heavy atom. The quantitative estimate of drug-likeness (QED) is 0.687. The molecule has 0 aliphatic carbocycles. The Kier molecular flexibility index (Phi) is 4.31. The third kappa shape index (κ3) is 2.85. The third-order valence-electron chi connectivity index (χ3n) is 4.51. The third-order valence-corrected chi connectivity index (χ3v) is 6.22. The van der Waals surface area contributed by atoms with E-state index in [1.165, 1.54) is 18.5 Å². The summed E-state index contributed by atoms with van der Waals surface area (Å²) in [4.78, 5) is 5.44. The van der Waals surface area contributed by atoms with Gasteiger partial charge in [-0.15, -0.1) is 0 Å². The van der Waals surface area contributed by atoms with Crippen molar-refractivity contribution in [2.75, 3.05) is 31.1 Å². The first kappa shape index (κ1) is 17.8. The maximum Gasteiger partial charge on any atom is 0.271 e. The van der Waals surface area contributed by atoms with E-state index in [4.69, 9.17) is 0 Å². The molecule has 3 aromatic rings. The van der Waals surface area contributed by atoms with Gasteiger partial charge in [-0.05, 0) is 24.3 Å². The van der Waals surface area contributed by atoms with Crippen LogP contribution in [0.5, 0.6) is 0 Å². The molecular formula is C17H15F3N4O2S. The van der Waals surface area contributed by atoms with E-state index in [0.717, 1.165) is 17.1 Å². The maximum absolute atomic E-state index is 14.1. The summed E-state index contributed by atoms with van der Waals surface area (Å²) in [5.41, 5.74) is 0.280. The average molecular weight is 396 g/mol. The van der Waals surface area contributed by atoms with E-state index in [0.29, 0.717) is 36.4 Å². The Hall–Kier alpha value is -2.59. The molecule has 0 amide bonds. The minimum Gasteiger partial charge on any atom is -0.354 e. The Labute approximate surface area is 153 Å². The molecule has 1 N–H and O–H groups in total. The van der Waals surface area contributed by atoms with Gasteiger partial charge in [0.05, 0.1) is 5.52 Å². The number of nitrogens with zero attached hydrogens (tertiary/aromatic N) is 3. The highest BCUT2D eigenvalue weighted by Crippen LogP contribution is 2.30. The zero-order chi connectivity index (χ0) is 19.2. The summed E-state index contributed by atoms with van der Waals surface area (Å²) in [7, 11) is -4.46. The van der Waals surface area contributed by atoms with Crippen LogP contribution in [0.1, 0.15) is 0 Å². The number of aromatic nitrogens is 2. The molecule has 0 bridgehead atoms. The molecule has 0 spiro atoms. The molecule has 1 saturated heterocycles. The van der Waals surface area contributed by atoms with Crippen molar-refractivity contribution in [3.8, 4) is 0 Å². The van der Waals surface area contributed by atoms with Crippen LogP contribution in [-0.2, 0) is 10.0 Å². The van der Waals surface area contributed by atoms with E-state index in [1.807, 2.05) is 4.90 Å². The van der Waals surface area contributed by atoms with Gasteiger partial charge in [0, 0.05) is 44.0 Å². The van der Waals surface area contributed by atoms with Crippen LogP contribution in [0.25, 0.3) is 10.9 Å². The highest BCUT2D eigenvalue weighted by molar-refractivity contribution is 7.90. The van der Waals surface area contributed by atoms with Crippen molar-refractivity contribution in [1.82, 2.24) is 14.3 Å². The van der Waals surface area contributed by atoms with E-state index in [2.05, 4.69) is 10.3 Å². The van der Waals surface area contributed by atoms with Crippen LogP contribution in [0.2, 0.25) is 0 Å². The van der Waals surface area contributed by atoms with Crippen LogP contribution in [0.3, 0.4) is 0 Å². The standard InChI is InChI=1S/C17H15F3N4O2S/c18-12-1-2-14(16(20)15(12)19)27(25,26)24-8-4-11-13(24)3-5-22-17(11)23-9-6-21-7-10-23/h1-5,8,21H,6-7,9-10H2. The number of nitrogens with one attached hydrogen (secondary N) is 1. The van der Waals surface area contributed by atoms with E-state index in [1.54, 1.807) is 6.07 Å². The second kappa shape index (κ2) is 6.54. The number of hydrogen-bond donors (Lipinski definition) is 1. The van der Waals surface area contributed by atoms with Crippen molar-refractivity contribution in [3.63, 3.8) is 0 Å². The Balaban J connectivity index is 1.86. The zero-order valence-electron chi connectivity index (χ0n) is 14.0. The fraction of sp³-hybridized carbons (Fsp3) is 0.235. The van der Waals surface area contributed by atoms with Crippen LogP contribution in [-0.4, -0.2) is 43.6 Å². The summed E-state index contributed by atoms with van der Waals surface area (Å²) in [5.74, 6) is -4.40. The van der Waals surface area contributed by atoms with Crippen LogP contribution < -0.4 is 10.2 Å². The predicted molar refractivity (Wildman–Crippen MR) is 93.7 cm³/mol. The molecule has 1 aliphatic heterocycles. The number of halogens is 3. The fourth-order valence-electron chi connectivity index (χ4n) is 3.18. The lowest BCUT2D eigenvalue weighted by Crippen LogP contribution is -2.43. The molecule has 2 aromatic heterocycles. The van der Waals surface area contributed by atoms with Crippen LogP contribution >= 0.6 is 0 Å². The summed E-state index contributed by atoms with van der Waals surface area (Å²) in [5, 5.41) is 3.80. The van der Waals surface area contributed by atoms with Crippen molar-refractivity contribution in [1.29, 1.82) is 0 Å². The van der Waals surface area contributed by atoms with Crippen LogP contribution in [0.15, 0.2) is 41.6 Å². The van der Waals surface area contributed by atoms with Gasteiger partial charge >= 0.3 is 0 Å². The monoisotopic (exact) mass is 396 g/mol. The van der Waals surface area contributed by atoms with Gasteiger partial charge < -0.3 is 10.2 Å². The Morgan fingerprint density at radius 3 is 2.48 bits per heavy atom. The van der Waals surface area contributed by atoms with Gasteiger partial charge in [-0.2, -0.15) is 0 Å². The second-order valence-corrected chi connectivity index (χ2v) is 7.88. The van der Waals surface area contributed by atoms with Gasteiger partial charge in [0.2, 0.25) is 0 Å². The highest BCUT2D eigenvalue weighted by atomic mass is 32.2. The second-order valence-electron chi connectivity index (χ2n) is 6.09. The van der Waals surface area contributed by atoms with Gasteiger partial charge in [0.25, 0.3) is 10.0 Å². The molecule has 0 radical (unpaired) electrons. The SMILES string of the molecule is O=S(=O)(c1ccc(F)c(F)c1F)n1ccc2c(N3CCNCC3)nccc21. The molecule has 6 nitrogen and oxygen atoms in total. The summed E-state index contributed by atoms with van der Waals surface area (Å²) in [6.45, 7) is 2.97. The molecule has 0 atom stereocenters. The summed E-state index contributed by atoms with van der Waals surface area (Å²) in [6.07, 6.45) is 2.72. The van der Waals surface area contributed by atoms with Crippen LogP contribution in [0.4, 0.5) is 19.0 Å². The van der Waals surface area contributed by atoms with Gasteiger partial charge in [-0.1, -0.05) is 0 Å². The number of benzene rings is 1. The molecule has 3 heterocycles. The average Bonchev–Trinajstić information content (AvgIpc) is 3.11. The van der Waals surface area contributed by atoms with Gasteiger partial charge in [0.15, 0.2) is 17.5 Å². The maximum atomic E-state index is 14.1. The van der Waals surface area contributed by atoms with E-state index >= 15 is 0 Å². The van der Waals surface area contributed by atoms with Crippen molar-refractivity contribution < 1.29 is 21.6 Å². The minimum absolute atomic E-state index is 0.280.